The molecular formula is C19H22N2O4. The quantitative estimate of drug-likeness (QED) is 0.503. The fourth-order valence-corrected chi connectivity index (χ4v) is 2.59. The summed E-state index contributed by atoms with van der Waals surface area (Å²) in [5, 5.41) is 2.66. The Labute approximate surface area is 147 Å². The molecule has 25 heavy (non-hydrogen) atoms. The van der Waals surface area contributed by atoms with E-state index in [1.165, 1.54) is 13.0 Å². The molecule has 1 heterocycles. The van der Waals surface area contributed by atoms with Gasteiger partial charge in [0, 0.05) is 17.8 Å². The first-order valence-electron chi connectivity index (χ1n) is 7.95. The molecule has 0 radical (unpaired) electrons. The Balaban J connectivity index is 2.41. The summed E-state index contributed by atoms with van der Waals surface area (Å²) < 4.78 is 5.56. The van der Waals surface area contributed by atoms with Gasteiger partial charge in [0.2, 0.25) is 5.78 Å². The maximum Gasteiger partial charge on any atom is 0.260 e. The van der Waals surface area contributed by atoms with Crippen LogP contribution in [-0.4, -0.2) is 49.1 Å². The summed E-state index contributed by atoms with van der Waals surface area (Å²) >= 11 is 0. The van der Waals surface area contributed by atoms with E-state index in [-0.39, 0.29) is 16.9 Å². The summed E-state index contributed by atoms with van der Waals surface area (Å²) in [5.41, 5.74) is 0.494. The number of anilines is 1. The van der Waals surface area contributed by atoms with Gasteiger partial charge in [0.15, 0.2) is 11.9 Å². The van der Waals surface area contributed by atoms with Crippen molar-refractivity contribution in [2.75, 3.05) is 26.0 Å². The van der Waals surface area contributed by atoms with Crippen LogP contribution in [0.15, 0.2) is 53.3 Å². The summed E-state index contributed by atoms with van der Waals surface area (Å²) in [5.74, 6) is -0.941. The molecule has 1 aliphatic heterocycles. The number of nitrogens with one attached hydrogen (secondary N) is 1. The molecule has 2 rings (SSSR count). The molecule has 0 bridgehead atoms. The van der Waals surface area contributed by atoms with Gasteiger partial charge in [-0.3, -0.25) is 14.4 Å². The Hall–Kier alpha value is -2.73. The van der Waals surface area contributed by atoms with Crippen LogP contribution in [0.25, 0.3) is 0 Å². The molecule has 0 fully saturated rings. The smallest absolute Gasteiger partial charge is 0.260 e. The molecule has 6 heteroatoms. The van der Waals surface area contributed by atoms with E-state index in [9.17, 15) is 14.4 Å². The summed E-state index contributed by atoms with van der Waals surface area (Å²) in [6, 6.07) is 8.78. The number of amides is 1. The van der Waals surface area contributed by atoms with Gasteiger partial charge in [0.25, 0.3) is 5.91 Å². The van der Waals surface area contributed by atoms with Gasteiger partial charge < -0.3 is 15.0 Å². The fraction of sp³-hybridized carbons (Fsp3) is 0.316. The number of rotatable bonds is 5. The molecule has 1 aromatic carbocycles. The zero-order valence-electron chi connectivity index (χ0n) is 14.8. The highest BCUT2D eigenvalue weighted by Crippen LogP contribution is 2.23. The van der Waals surface area contributed by atoms with Crippen LogP contribution in [0.3, 0.4) is 0 Å². The second kappa shape index (κ2) is 7.90. The zero-order valence-corrected chi connectivity index (χ0v) is 14.8. The molecule has 1 atom stereocenters. The number of nitrogens with zero attached hydrogens (tertiary/aromatic N) is 1. The molecule has 0 aromatic heterocycles. The van der Waals surface area contributed by atoms with Gasteiger partial charge in [-0.1, -0.05) is 18.2 Å². The largest absolute Gasteiger partial charge is 0.486 e. The van der Waals surface area contributed by atoms with E-state index in [2.05, 4.69) is 5.32 Å². The number of benzene rings is 1. The zero-order chi connectivity index (χ0) is 18.6. The molecule has 1 unspecified atom stereocenters. The lowest BCUT2D eigenvalue weighted by molar-refractivity contribution is -0.127. The van der Waals surface area contributed by atoms with Crippen molar-refractivity contribution in [2.45, 2.75) is 20.0 Å². The van der Waals surface area contributed by atoms with E-state index in [1.807, 2.05) is 25.1 Å². The van der Waals surface area contributed by atoms with Gasteiger partial charge in [-0.25, -0.2) is 0 Å². The van der Waals surface area contributed by atoms with Gasteiger partial charge in [-0.15, -0.1) is 0 Å². The normalized spacial score (nSPS) is 19.2. The van der Waals surface area contributed by atoms with Gasteiger partial charge in [0.05, 0.1) is 11.3 Å². The molecule has 0 aliphatic carbocycles. The van der Waals surface area contributed by atoms with Crippen LogP contribution >= 0.6 is 0 Å². The summed E-state index contributed by atoms with van der Waals surface area (Å²) in [7, 11) is 3.64. The van der Waals surface area contributed by atoms with E-state index in [0.717, 1.165) is 0 Å². The van der Waals surface area contributed by atoms with Gasteiger partial charge in [-0.2, -0.15) is 0 Å². The molecule has 0 saturated carbocycles. The van der Waals surface area contributed by atoms with E-state index in [0.29, 0.717) is 18.0 Å². The number of para-hydroxylation sites is 1. The predicted octanol–water partition coefficient (Wildman–Crippen LogP) is 1.94. The number of hydrogen-bond donors (Lipinski definition) is 1. The van der Waals surface area contributed by atoms with Crippen molar-refractivity contribution >= 4 is 23.2 Å². The van der Waals surface area contributed by atoms with Crippen LogP contribution in [0.1, 0.15) is 13.8 Å². The first kappa shape index (κ1) is 18.6. The molecule has 1 N–H and O–H groups in total. The van der Waals surface area contributed by atoms with Gasteiger partial charge in [-0.05, 0) is 46.2 Å². The van der Waals surface area contributed by atoms with Gasteiger partial charge >= 0.3 is 0 Å². The third-order valence-corrected chi connectivity index (χ3v) is 3.64. The first-order chi connectivity index (χ1) is 11.8. The van der Waals surface area contributed by atoms with E-state index in [4.69, 9.17) is 4.74 Å². The predicted molar refractivity (Wildman–Crippen MR) is 95.0 cm³/mol. The molecule has 132 valence electrons. The fourth-order valence-electron chi connectivity index (χ4n) is 2.59. The maximum absolute atomic E-state index is 12.7. The number of likely N-dealkylation sites (N-methyl/N-ethyl adjacent to an activating group) is 1. The number of allylic oxidation sites excluding steroid dienone is 2. The van der Waals surface area contributed by atoms with E-state index in [1.54, 1.807) is 31.2 Å². The standard InChI is InChI=1S/C19H22N2O4/c1-12-10-15(18(23)16(25-12)11-21(3)4)17(13(2)22)19(24)20-14-8-6-5-7-9-14/h5-10,16H,11H2,1-4H3,(H,20,24). The van der Waals surface area contributed by atoms with Crippen molar-refractivity contribution in [1.29, 1.82) is 0 Å². The molecule has 1 amide bonds. The van der Waals surface area contributed by atoms with Crippen molar-refractivity contribution in [3.05, 3.63) is 53.3 Å². The number of ketones is 2. The molecule has 0 saturated heterocycles. The van der Waals surface area contributed by atoms with Crippen molar-refractivity contribution in [1.82, 2.24) is 4.90 Å². The Kier molecular flexibility index (Phi) is 5.88. The van der Waals surface area contributed by atoms with E-state index < -0.39 is 17.8 Å². The second-order valence-corrected chi connectivity index (χ2v) is 6.15. The maximum atomic E-state index is 12.7. The number of ether oxygens (including phenoxy) is 1. The highest BCUT2D eigenvalue weighted by Gasteiger charge is 2.33. The van der Waals surface area contributed by atoms with Crippen LogP contribution in [0.4, 0.5) is 5.69 Å². The summed E-state index contributed by atoms with van der Waals surface area (Å²) in [6.07, 6.45) is 0.712. The minimum atomic E-state index is -0.742. The highest BCUT2D eigenvalue weighted by molar-refractivity contribution is 6.28. The van der Waals surface area contributed by atoms with Gasteiger partial charge in [0.1, 0.15) is 0 Å². The first-order valence-corrected chi connectivity index (χ1v) is 7.95. The number of Topliss-reactive ketones (excluding diaryl/α,β-unsaturated/α-hetero) is 2. The molecule has 1 aliphatic rings. The number of hydrogen-bond acceptors (Lipinski definition) is 5. The molecular weight excluding hydrogens is 320 g/mol. The Morgan fingerprint density at radius 3 is 2.40 bits per heavy atom. The van der Waals surface area contributed by atoms with Crippen LogP contribution < -0.4 is 5.32 Å². The molecule has 1 aromatic rings. The van der Waals surface area contributed by atoms with Crippen molar-refractivity contribution in [3.8, 4) is 0 Å². The lowest BCUT2D eigenvalue weighted by Crippen LogP contribution is -2.39. The molecule has 6 nitrogen and oxygen atoms in total. The van der Waals surface area contributed by atoms with Crippen LogP contribution in [0.5, 0.6) is 0 Å². The monoisotopic (exact) mass is 342 g/mol. The number of carbonyl (C=O) groups excluding carboxylic acids is 3. The van der Waals surface area contributed by atoms with Crippen LogP contribution in [-0.2, 0) is 19.1 Å². The average Bonchev–Trinajstić information content (AvgIpc) is 2.52. The minimum Gasteiger partial charge on any atom is -0.486 e. The average molecular weight is 342 g/mol. The van der Waals surface area contributed by atoms with Crippen LogP contribution in [0, 0.1) is 0 Å². The van der Waals surface area contributed by atoms with Crippen molar-refractivity contribution in [2.24, 2.45) is 0 Å². The van der Waals surface area contributed by atoms with E-state index >= 15 is 0 Å². The van der Waals surface area contributed by atoms with Crippen LogP contribution in [0.2, 0.25) is 0 Å². The topological polar surface area (TPSA) is 75.7 Å². The SMILES string of the molecule is CC(=O)C(C(=O)Nc1ccccc1)=C1C=C(C)OC(CN(C)C)C1=O. The lowest BCUT2D eigenvalue weighted by atomic mass is 9.94. The third kappa shape index (κ3) is 4.64. The molecule has 0 spiro atoms. The number of carbonyl (C=O) groups is 3. The van der Waals surface area contributed by atoms with Crippen molar-refractivity contribution in [3.63, 3.8) is 0 Å². The Morgan fingerprint density at radius 2 is 1.84 bits per heavy atom. The Bertz CT molecular complexity index is 748. The summed E-state index contributed by atoms with van der Waals surface area (Å²) in [6.45, 7) is 3.33. The lowest BCUT2D eigenvalue weighted by Gasteiger charge is -2.26. The second-order valence-electron chi connectivity index (χ2n) is 6.15. The van der Waals surface area contributed by atoms with Crippen molar-refractivity contribution < 1.29 is 19.1 Å². The highest BCUT2D eigenvalue weighted by atomic mass is 16.5. The third-order valence-electron chi connectivity index (χ3n) is 3.64. The Morgan fingerprint density at radius 1 is 1.20 bits per heavy atom. The minimum absolute atomic E-state index is 0.0940. The summed E-state index contributed by atoms with van der Waals surface area (Å²) in [4.78, 5) is 39.3.